The fourth-order valence-electron chi connectivity index (χ4n) is 10.2. The van der Waals surface area contributed by atoms with E-state index in [-0.39, 0.29) is 50.0 Å². The van der Waals surface area contributed by atoms with Crippen LogP contribution in [0.2, 0.25) is 0 Å². The second kappa shape index (κ2) is 26.0. The Labute approximate surface area is 458 Å². The number of amides is 2. The predicted molar refractivity (Wildman–Crippen MR) is 290 cm³/mol. The number of ketones is 1. The molecule has 4 fully saturated rings. The van der Waals surface area contributed by atoms with E-state index in [1.165, 1.54) is 18.7 Å². The Hall–Kier alpha value is -4.41. The van der Waals surface area contributed by atoms with Gasteiger partial charge in [0, 0.05) is 72.6 Å². The van der Waals surface area contributed by atoms with Gasteiger partial charge < -0.3 is 109 Å². The molecule has 21 N–H and O–H groups in total. The van der Waals surface area contributed by atoms with Crippen LogP contribution >= 0.6 is 24.2 Å². The number of aromatic nitrogens is 3. The summed E-state index contributed by atoms with van der Waals surface area (Å²) in [6.07, 6.45) is -19.4. The molecular weight excluding hydrogens is 1060 g/mol. The summed E-state index contributed by atoms with van der Waals surface area (Å²) in [4.78, 5) is 40.0. The Morgan fingerprint density at radius 3 is 1.96 bits per heavy atom. The standard InChI is InChI=1S/C50H70N12O14S.ClH/c1-20(63)21-7-9-23-22(15-21)8-10-28-34(23)62-35-24-5-2-3-6-27(24)61-46(36(35)60-28)57-11-4-12-58-50(70)59-13-14-77-19-31-44(75-48-33(56)41(68)39(66)30(18-52)72-48)42(69)49(73-31)76-45-37(64)25(53)16-26(54)43(45)74-47-32(55)40(67)38(65)29(17-51)71-47;/h2-3,5-10,15,25-26,29-33,37-45,47-49,64-69H,4,11-14,16-19,51-56H2,1H3,(H,57,61)(H2,58,59,70);1H/t25-,26+,29-,30?,31-,32-,33-,37+,38-,39-,40-,41-,42-,43-,44-,45-,47-,48-,49+;/m1./s1. The van der Waals surface area contributed by atoms with Crippen LogP contribution in [-0.4, -0.2) is 218 Å². The number of fused-ring (bicyclic) bond motifs is 6. The number of aliphatic hydroxyl groups excluding tert-OH is 6. The van der Waals surface area contributed by atoms with Crippen LogP contribution in [0.4, 0.5) is 10.6 Å². The number of Topliss-reactive ketones (excluding diaryl/α,β-unsaturated/α-hetero) is 1. The molecule has 1 unspecified atom stereocenters. The first kappa shape index (κ1) is 59.7. The van der Waals surface area contributed by atoms with Crippen molar-refractivity contribution in [2.24, 2.45) is 34.4 Å². The molecule has 0 spiro atoms. The number of aliphatic hydroxyl groups is 6. The van der Waals surface area contributed by atoms with Crippen molar-refractivity contribution in [3.8, 4) is 0 Å². The molecule has 19 atom stereocenters. The Morgan fingerprint density at radius 2 is 1.28 bits per heavy atom. The van der Waals surface area contributed by atoms with Crippen molar-refractivity contribution in [3.05, 3.63) is 60.2 Å². The van der Waals surface area contributed by atoms with Gasteiger partial charge in [0.25, 0.3) is 0 Å². The van der Waals surface area contributed by atoms with Crippen molar-refractivity contribution < 1.29 is 68.6 Å². The highest BCUT2D eigenvalue weighted by atomic mass is 35.5. The van der Waals surface area contributed by atoms with Crippen molar-refractivity contribution in [3.63, 3.8) is 0 Å². The van der Waals surface area contributed by atoms with Crippen LogP contribution in [0.5, 0.6) is 0 Å². The van der Waals surface area contributed by atoms with Gasteiger partial charge in [-0.05, 0) is 43.4 Å². The van der Waals surface area contributed by atoms with Crippen molar-refractivity contribution in [1.82, 2.24) is 25.6 Å². The number of nitrogens with two attached hydrogens (primary N) is 6. The molecule has 5 heterocycles. The summed E-state index contributed by atoms with van der Waals surface area (Å²) in [5, 5.41) is 77.3. The van der Waals surface area contributed by atoms with Gasteiger partial charge >= 0.3 is 6.03 Å². The number of carbonyl (C=O) groups is 2. The summed E-state index contributed by atoms with van der Waals surface area (Å²) >= 11 is 1.34. The first-order chi connectivity index (χ1) is 37.0. The zero-order valence-electron chi connectivity index (χ0n) is 42.6. The molecule has 3 aromatic carbocycles. The van der Waals surface area contributed by atoms with Crippen molar-refractivity contribution >= 4 is 85.5 Å². The predicted octanol–water partition coefficient (Wildman–Crippen LogP) is -2.93. The molecule has 3 aliphatic heterocycles. The summed E-state index contributed by atoms with van der Waals surface area (Å²) in [6, 6.07) is 12.3. The number of rotatable bonds is 19. The maximum absolute atomic E-state index is 12.9. The number of ether oxygens (including phenoxy) is 6. The van der Waals surface area contributed by atoms with Crippen molar-refractivity contribution in [1.29, 1.82) is 0 Å². The highest BCUT2D eigenvalue weighted by molar-refractivity contribution is 7.99. The van der Waals surface area contributed by atoms with Crippen LogP contribution in [0.25, 0.3) is 43.7 Å². The number of pyridine rings is 1. The van der Waals surface area contributed by atoms with E-state index in [0.717, 1.165) is 21.7 Å². The number of halogens is 1. The zero-order chi connectivity index (χ0) is 54.8. The van der Waals surface area contributed by atoms with Crippen LogP contribution < -0.4 is 50.4 Å². The van der Waals surface area contributed by atoms with Gasteiger partial charge in [0.1, 0.15) is 72.1 Å². The average molecular weight is 1130 g/mol. The minimum atomic E-state index is -1.60. The third-order valence-corrected chi connectivity index (χ3v) is 15.7. The number of urea groups is 1. The number of hydrogen-bond acceptors (Lipinski definition) is 25. The van der Waals surface area contributed by atoms with E-state index < -0.39 is 122 Å². The molecule has 0 radical (unpaired) electrons. The van der Waals surface area contributed by atoms with Gasteiger partial charge in [-0.15, -0.1) is 12.4 Å². The molecule has 428 valence electrons. The number of nitrogens with one attached hydrogen (secondary N) is 3. The smallest absolute Gasteiger partial charge is 0.314 e. The maximum atomic E-state index is 12.9. The first-order valence-corrected chi connectivity index (χ1v) is 26.8. The van der Waals surface area contributed by atoms with E-state index in [2.05, 4.69) is 16.0 Å². The number of para-hydroxylation sites is 1. The first-order valence-electron chi connectivity index (χ1n) is 25.7. The summed E-state index contributed by atoms with van der Waals surface area (Å²) in [6.45, 7) is 2.18. The number of hydrogen-bond donors (Lipinski definition) is 15. The average Bonchev–Trinajstić information content (AvgIpc) is 3.85. The van der Waals surface area contributed by atoms with Crippen molar-refractivity contribution in [2.75, 3.05) is 49.5 Å². The van der Waals surface area contributed by atoms with Crippen LogP contribution in [-0.2, 0) is 28.4 Å². The van der Waals surface area contributed by atoms with E-state index in [9.17, 15) is 40.2 Å². The number of thioether (sulfide) groups is 1. The monoisotopic (exact) mass is 1130 g/mol. The minimum absolute atomic E-state index is 0. The quantitative estimate of drug-likeness (QED) is 0.0170. The Bertz CT molecular complexity index is 2870. The van der Waals surface area contributed by atoms with E-state index >= 15 is 0 Å². The summed E-state index contributed by atoms with van der Waals surface area (Å²) in [7, 11) is 0. The van der Waals surface area contributed by atoms with Crippen LogP contribution in [0.15, 0.2) is 54.6 Å². The molecule has 0 bridgehead atoms. The molecule has 2 aromatic heterocycles. The van der Waals surface area contributed by atoms with Gasteiger partial charge in [-0.1, -0.05) is 36.4 Å². The SMILES string of the molecule is CC(=O)c1ccc2c(ccc3nc4c(NCCCNC(=O)NCCSC[C@H]5O[C@@H](O[C@@H]6[C@@H](O)[C@H](N)C[C@H](N)[C@H]6O[C@H]6O[C@H](CN)[C@@H](O)[C@H](O)[C@H]6N)[C@H](O)[C@@H]5O[C@H]5OC(CN)[C@@H](O)[C@H](O)[C@H]5N)nc5ccccc5c4nc32)c1.Cl. The van der Waals surface area contributed by atoms with Gasteiger partial charge in [-0.25, -0.2) is 19.7 Å². The van der Waals surface area contributed by atoms with E-state index in [1.54, 1.807) is 6.07 Å². The van der Waals surface area contributed by atoms with Gasteiger partial charge in [0.05, 0.1) is 40.8 Å². The topological polar surface area (TPSA) is 442 Å². The van der Waals surface area contributed by atoms with Gasteiger partial charge in [0.15, 0.2) is 30.5 Å². The van der Waals surface area contributed by atoms with Gasteiger partial charge in [0.2, 0.25) is 0 Å². The largest absolute Gasteiger partial charge is 0.389 e. The third kappa shape index (κ3) is 12.6. The highest BCUT2D eigenvalue weighted by Crippen LogP contribution is 2.36. The summed E-state index contributed by atoms with van der Waals surface area (Å²) < 4.78 is 36.6. The number of benzene rings is 3. The van der Waals surface area contributed by atoms with Gasteiger partial charge in [-0.3, -0.25) is 4.79 Å². The fraction of sp³-hybridized carbons (Fsp3) is 0.580. The zero-order valence-corrected chi connectivity index (χ0v) is 44.2. The number of nitrogens with zero attached hydrogens (tertiary/aromatic N) is 3. The highest BCUT2D eigenvalue weighted by Gasteiger charge is 2.54. The molecule has 2 amide bonds. The minimum Gasteiger partial charge on any atom is -0.389 e. The summed E-state index contributed by atoms with van der Waals surface area (Å²) in [5.41, 5.74) is 40.8. The Kier molecular flexibility index (Phi) is 19.9. The molecule has 1 saturated carbocycles. The second-order valence-electron chi connectivity index (χ2n) is 19.9. The normalized spacial score (nSPS) is 34.2. The molecule has 4 aliphatic rings. The molecule has 5 aromatic rings. The van der Waals surface area contributed by atoms with Crippen LogP contribution in [0, 0.1) is 0 Å². The lowest BCUT2D eigenvalue weighted by Gasteiger charge is -2.47. The molecular formula is C50H71ClN12O14S. The molecule has 1 aliphatic carbocycles. The Balaban J connectivity index is 0.00000803. The van der Waals surface area contributed by atoms with E-state index in [1.807, 2.05) is 48.5 Å². The van der Waals surface area contributed by atoms with Crippen LogP contribution in [0.3, 0.4) is 0 Å². The third-order valence-electron chi connectivity index (χ3n) is 14.6. The van der Waals surface area contributed by atoms with Crippen molar-refractivity contribution in [2.45, 2.75) is 136 Å². The second-order valence-corrected chi connectivity index (χ2v) is 21.1. The lowest BCUT2D eigenvalue weighted by Crippen LogP contribution is -2.68. The molecule has 78 heavy (non-hydrogen) atoms. The molecule has 9 rings (SSSR count). The molecule has 3 saturated heterocycles. The maximum Gasteiger partial charge on any atom is 0.314 e. The number of carbonyl (C=O) groups excluding carboxylic acids is 2. The Morgan fingerprint density at radius 1 is 0.641 bits per heavy atom. The lowest BCUT2D eigenvalue weighted by molar-refractivity contribution is -0.306. The fourth-order valence-corrected chi connectivity index (χ4v) is 11.1. The summed E-state index contributed by atoms with van der Waals surface area (Å²) in [5.74, 6) is 1.06. The molecule has 26 nitrogen and oxygen atoms in total. The van der Waals surface area contributed by atoms with E-state index in [0.29, 0.717) is 58.7 Å². The lowest BCUT2D eigenvalue weighted by atomic mass is 9.84. The van der Waals surface area contributed by atoms with Crippen LogP contribution in [0.1, 0.15) is 30.1 Å². The van der Waals surface area contributed by atoms with Gasteiger partial charge in [-0.2, -0.15) is 11.8 Å². The number of anilines is 1. The molecule has 28 heteroatoms. The van der Waals surface area contributed by atoms with E-state index in [4.69, 9.17) is 77.8 Å².